The van der Waals surface area contributed by atoms with Crippen LogP contribution in [0, 0.1) is 0 Å². The average molecular weight is 568 g/mol. The number of ether oxygens (including phenoxy) is 2. The van der Waals surface area contributed by atoms with Crippen molar-refractivity contribution in [2.75, 3.05) is 88.6 Å². The van der Waals surface area contributed by atoms with Crippen LogP contribution < -0.4 is 10.6 Å². The molecule has 13 heteroatoms. The Labute approximate surface area is 227 Å². The van der Waals surface area contributed by atoms with E-state index in [2.05, 4.69) is 10.6 Å². The molecule has 0 aliphatic rings. The van der Waals surface area contributed by atoms with Gasteiger partial charge in [0.05, 0.1) is 37.1 Å². The average Bonchev–Trinajstić information content (AvgIpc) is 2.83. The van der Waals surface area contributed by atoms with Crippen LogP contribution in [-0.2, 0) is 33.4 Å². The van der Waals surface area contributed by atoms with Crippen LogP contribution in [0.3, 0.4) is 0 Å². The van der Waals surface area contributed by atoms with Gasteiger partial charge in [0.1, 0.15) is 12.4 Å². The predicted molar refractivity (Wildman–Crippen MR) is 148 cm³/mol. The Morgan fingerprint density at radius 1 is 0.667 bits per heavy atom. The highest BCUT2D eigenvalue weighted by Gasteiger charge is 2.16. The summed E-state index contributed by atoms with van der Waals surface area (Å²) in [6, 6.07) is 0. The lowest BCUT2D eigenvalue weighted by atomic mass is 10.2. The number of Topliss-reactive ketones (excluding diaryl/α,β-unsaturated/α-hetero) is 2. The van der Waals surface area contributed by atoms with Crippen LogP contribution >= 0.6 is 35.3 Å². The van der Waals surface area contributed by atoms with Gasteiger partial charge in [-0.05, 0) is 25.2 Å². The molecule has 0 atom stereocenters. The largest absolute Gasteiger partial charge is 0.377 e. The maximum atomic E-state index is 12.7. The summed E-state index contributed by atoms with van der Waals surface area (Å²) in [5.41, 5.74) is 0. The van der Waals surface area contributed by atoms with Crippen molar-refractivity contribution < 1.29 is 33.4 Å². The monoisotopic (exact) mass is 567 g/mol. The van der Waals surface area contributed by atoms with Crippen molar-refractivity contribution in [2.24, 2.45) is 0 Å². The van der Waals surface area contributed by atoms with E-state index >= 15 is 0 Å². The van der Waals surface area contributed by atoms with Gasteiger partial charge in [-0.2, -0.15) is 35.3 Å². The third kappa shape index (κ3) is 20.9. The minimum absolute atomic E-state index is 0.0366. The van der Waals surface area contributed by atoms with Crippen molar-refractivity contribution in [3.8, 4) is 0 Å². The first-order chi connectivity index (χ1) is 17.3. The topological polar surface area (TPSA) is 131 Å². The summed E-state index contributed by atoms with van der Waals surface area (Å²) in [5, 5.41) is 5.49. The Kier molecular flexibility index (Phi) is 23.2. The molecule has 10 nitrogen and oxygen atoms in total. The summed E-state index contributed by atoms with van der Waals surface area (Å²) in [4.78, 5) is 61.1. The summed E-state index contributed by atoms with van der Waals surface area (Å²) < 4.78 is 10.6. The smallest absolute Gasteiger partial charge is 0.230 e. The van der Waals surface area contributed by atoms with Crippen LogP contribution in [0.4, 0.5) is 0 Å². The van der Waals surface area contributed by atoms with Crippen molar-refractivity contribution >= 4 is 64.6 Å². The minimum Gasteiger partial charge on any atom is -0.377 e. The fourth-order valence-corrected chi connectivity index (χ4v) is 4.10. The molecule has 2 N–H and O–H groups in total. The highest BCUT2D eigenvalue weighted by molar-refractivity contribution is 7.99. The number of carbonyl (C=O) groups excluding carboxylic acids is 5. The van der Waals surface area contributed by atoms with Gasteiger partial charge >= 0.3 is 0 Å². The predicted octanol–water partition coefficient (Wildman–Crippen LogP) is 0.868. The summed E-state index contributed by atoms with van der Waals surface area (Å²) in [7, 11) is 0. The van der Waals surface area contributed by atoms with Gasteiger partial charge in [-0.15, -0.1) is 0 Å². The van der Waals surface area contributed by atoms with E-state index in [4.69, 9.17) is 9.47 Å². The van der Waals surface area contributed by atoms with Crippen LogP contribution in [-0.4, -0.2) is 123 Å². The van der Waals surface area contributed by atoms with Crippen molar-refractivity contribution in [3.05, 3.63) is 0 Å². The van der Waals surface area contributed by atoms with Crippen LogP contribution in [0.2, 0.25) is 0 Å². The first kappa shape index (κ1) is 34.7. The summed E-state index contributed by atoms with van der Waals surface area (Å²) in [6.45, 7) is 2.27. The molecular weight excluding hydrogens is 526 g/mol. The van der Waals surface area contributed by atoms with E-state index in [0.29, 0.717) is 69.5 Å². The second kappa shape index (κ2) is 24.1. The lowest BCUT2D eigenvalue weighted by Gasteiger charge is -2.23. The molecule has 0 aromatic carbocycles. The van der Waals surface area contributed by atoms with Gasteiger partial charge in [0, 0.05) is 45.4 Å². The normalized spacial score (nSPS) is 10.6. The van der Waals surface area contributed by atoms with Gasteiger partial charge in [0.15, 0.2) is 5.78 Å². The van der Waals surface area contributed by atoms with Crippen molar-refractivity contribution in [3.63, 3.8) is 0 Å². The third-order valence-corrected chi connectivity index (χ3v) is 6.33. The van der Waals surface area contributed by atoms with E-state index in [1.165, 1.54) is 35.3 Å². The molecule has 0 rings (SSSR count). The zero-order valence-electron chi connectivity index (χ0n) is 21.6. The molecule has 0 aliphatic carbocycles. The van der Waals surface area contributed by atoms with E-state index in [1.807, 2.05) is 18.8 Å². The fourth-order valence-electron chi connectivity index (χ4n) is 2.90. The fraction of sp³-hybridized carbons (Fsp3) is 0.783. The molecule has 36 heavy (non-hydrogen) atoms. The van der Waals surface area contributed by atoms with Gasteiger partial charge in [-0.25, -0.2) is 0 Å². The molecule has 0 aliphatic heterocycles. The first-order valence-electron chi connectivity index (χ1n) is 11.8. The summed E-state index contributed by atoms with van der Waals surface area (Å²) in [5.74, 6) is 0.853. The van der Waals surface area contributed by atoms with Gasteiger partial charge in [-0.1, -0.05) is 0 Å². The number of ketones is 2. The van der Waals surface area contributed by atoms with Gasteiger partial charge in [0.2, 0.25) is 17.7 Å². The van der Waals surface area contributed by atoms with Gasteiger partial charge in [0.25, 0.3) is 0 Å². The first-order valence-corrected chi connectivity index (χ1v) is 16.0. The summed E-state index contributed by atoms with van der Waals surface area (Å²) >= 11 is 4.34. The zero-order chi connectivity index (χ0) is 27.0. The number of rotatable bonds is 24. The lowest BCUT2D eigenvalue weighted by Crippen LogP contribution is -2.40. The van der Waals surface area contributed by atoms with Crippen LogP contribution in [0.25, 0.3) is 0 Å². The van der Waals surface area contributed by atoms with E-state index < -0.39 is 0 Å². The maximum absolute atomic E-state index is 12.7. The third-order valence-electron chi connectivity index (χ3n) is 4.62. The molecule has 0 aromatic rings. The number of nitrogens with one attached hydrogen (secondary N) is 2. The second-order valence-electron chi connectivity index (χ2n) is 7.73. The Hall–Kier alpha value is -1.28. The van der Waals surface area contributed by atoms with Gasteiger partial charge in [-0.3, -0.25) is 24.0 Å². The van der Waals surface area contributed by atoms with E-state index in [0.717, 1.165) is 0 Å². The Balaban J connectivity index is 4.22. The molecule has 208 valence electrons. The minimum atomic E-state index is -0.188. The highest BCUT2D eigenvalue weighted by Crippen LogP contribution is 2.05. The number of nitrogens with zero attached hydrogens (tertiary/aromatic N) is 1. The Morgan fingerprint density at radius 2 is 1.28 bits per heavy atom. The number of carbonyl (C=O) groups is 5. The number of hydrogen-bond donors (Lipinski definition) is 2. The highest BCUT2D eigenvalue weighted by atomic mass is 32.2. The quantitative estimate of drug-likeness (QED) is 0.162. The maximum Gasteiger partial charge on any atom is 0.230 e. The molecule has 0 fully saturated rings. The van der Waals surface area contributed by atoms with Crippen LogP contribution in [0.15, 0.2) is 0 Å². The number of amides is 3. The molecule has 0 saturated heterocycles. The Morgan fingerprint density at radius 3 is 1.92 bits per heavy atom. The van der Waals surface area contributed by atoms with Gasteiger partial charge < -0.3 is 25.0 Å². The van der Waals surface area contributed by atoms with E-state index in [9.17, 15) is 24.0 Å². The van der Waals surface area contributed by atoms with E-state index in [1.54, 1.807) is 4.90 Å². The zero-order valence-corrected chi connectivity index (χ0v) is 24.1. The molecule has 0 spiro atoms. The lowest BCUT2D eigenvalue weighted by molar-refractivity contribution is -0.134. The molecule has 0 saturated carbocycles. The molecular formula is C23H41N3O7S3. The molecule has 0 bridgehead atoms. The molecule has 3 amide bonds. The van der Waals surface area contributed by atoms with E-state index in [-0.39, 0.29) is 55.3 Å². The van der Waals surface area contributed by atoms with Crippen molar-refractivity contribution in [1.29, 1.82) is 0 Å². The molecule has 0 unspecified atom stereocenters. The SMILES string of the molecule is CSCC(=O)CCCN(CCNC(=O)CSC)C(=O)CCC(=O)COCCOCCNC(=O)CSC. The summed E-state index contributed by atoms with van der Waals surface area (Å²) in [6.07, 6.45) is 6.60. The Bertz CT molecular complexity index is 645. The van der Waals surface area contributed by atoms with Crippen molar-refractivity contribution in [1.82, 2.24) is 15.5 Å². The second-order valence-corrected chi connectivity index (χ2v) is 10.3. The molecule has 0 radical (unpaired) electrons. The van der Waals surface area contributed by atoms with Crippen LogP contribution in [0.5, 0.6) is 0 Å². The number of hydrogen-bond acceptors (Lipinski definition) is 10. The van der Waals surface area contributed by atoms with Crippen molar-refractivity contribution in [2.45, 2.75) is 25.7 Å². The molecule has 0 aromatic heterocycles. The number of thioether (sulfide) groups is 3. The van der Waals surface area contributed by atoms with Crippen LogP contribution in [0.1, 0.15) is 25.7 Å². The molecule has 0 heterocycles. The standard InChI is InChI=1S/C23H41N3O7S3/c1-34-16-20(28)5-4-10-26(11-8-24-21(29)17-35-2)23(31)7-6-19(27)15-33-14-13-32-12-9-25-22(30)18-36-3/h4-18H2,1-3H3,(H,24,29)(H,25,30).